The summed E-state index contributed by atoms with van der Waals surface area (Å²) in [5, 5.41) is 9.75. The molecule has 1 aliphatic heterocycles. The Morgan fingerprint density at radius 2 is 1.77 bits per heavy atom. The number of aliphatic carboxylic acids is 1. The van der Waals surface area contributed by atoms with E-state index in [0.29, 0.717) is 16.5 Å². The fourth-order valence-electron chi connectivity index (χ4n) is 2.77. The molecule has 7 heteroatoms. The molecular formula is C19H21F3O4. The van der Waals surface area contributed by atoms with Crippen LogP contribution in [0.3, 0.4) is 0 Å². The molecule has 0 fully saturated rings. The molecule has 1 aromatic heterocycles. The van der Waals surface area contributed by atoms with Crippen molar-refractivity contribution in [3.8, 4) is 5.75 Å². The van der Waals surface area contributed by atoms with Crippen molar-refractivity contribution in [2.45, 2.75) is 52.3 Å². The van der Waals surface area contributed by atoms with Crippen molar-refractivity contribution in [3.05, 3.63) is 35.1 Å². The Kier molecular flexibility index (Phi) is 5.12. The highest BCUT2D eigenvalue weighted by molar-refractivity contribution is 6.01. The van der Waals surface area contributed by atoms with Crippen molar-refractivity contribution in [1.29, 1.82) is 0 Å². The van der Waals surface area contributed by atoms with Crippen LogP contribution in [0.4, 0.5) is 13.2 Å². The lowest BCUT2D eigenvalue weighted by Gasteiger charge is -2.28. The van der Waals surface area contributed by atoms with Crippen LogP contribution in [0, 0.1) is 0 Å². The van der Waals surface area contributed by atoms with Gasteiger partial charge in [-0.25, -0.2) is 4.79 Å². The quantitative estimate of drug-likeness (QED) is 0.715. The molecule has 1 unspecified atom stereocenters. The monoisotopic (exact) mass is 370 g/mol. The van der Waals surface area contributed by atoms with Gasteiger partial charge in [0, 0.05) is 16.5 Å². The number of alkyl halides is 3. The maximum Gasteiger partial charge on any atom is 0.430 e. The summed E-state index contributed by atoms with van der Waals surface area (Å²) in [5.41, 5.74) is 0.351. The first-order valence-corrected chi connectivity index (χ1v) is 8.23. The first kappa shape index (κ1) is 19.9. The predicted octanol–water partition coefficient (Wildman–Crippen LogP) is 5.55. The second kappa shape index (κ2) is 6.70. The van der Waals surface area contributed by atoms with Crippen LogP contribution in [0.25, 0.3) is 17.0 Å². The second-order valence-corrected chi connectivity index (χ2v) is 6.69. The topological polar surface area (TPSA) is 59.7 Å². The SMILES string of the molecule is CC.CC(C)(C)c1coc2ccc3c(c12)C=C(C(=O)O)C(C(F)(F)F)O3. The Morgan fingerprint density at radius 1 is 1.15 bits per heavy atom. The molecule has 0 aliphatic carbocycles. The Hall–Kier alpha value is -2.44. The van der Waals surface area contributed by atoms with Gasteiger partial charge in [0.05, 0.1) is 11.8 Å². The molecule has 0 radical (unpaired) electrons. The highest BCUT2D eigenvalue weighted by Crippen LogP contribution is 2.43. The molecule has 0 bridgehead atoms. The van der Waals surface area contributed by atoms with Crippen molar-refractivity contribution >= 4 is 23.0 Å². The fourth-order valence-corrected chi connectivity index (χ4v) is 2.77. The molecule has 0 amide bonds. The van der Waals surface area contributed by atoms with E-state index in [0.717, 1.165) is 11.6 Å². The summed E-state index contributed by atoms with van der Waals surface area (Å²) < 4.78 is 49.8. The molecule has 0 saturated carbocycles. The van der Waals surface area contributed by atoms with Crippen LogP contribution >= 0.6 is 0 Å². The van der Waals surface area contributed by atoms with Crippen LogP contribution < -0.4 is 4.74 Å². The van der Waals surface area contributed by atoms with E-state index in [1.165, 1.54) is 18.4 Å². The molecule has 4 nitrogen and oxygen atoms in total. The Labute approximate surface area is 149 Å². The highest BCUT2D eigenvalue weighted by atomic mass is 19.4. The number of carbonyl (C=O) groups is 1. The summed E-state index contributed by atoms with van der Waals surface area (Å²) in [6.45, 7) is 9.79. The second-order valence-electron chi connectivity index (χ2n) is 6.69. The van der Waals surface area contributed by atoms with Gasteiger partial charge in [-0.05, 0) is 23.6 Å². The molecule has 3 rings (SSSR count). The van der Waals surface area contributed by atoms with E-state index < -0.39 is 23.8 Å². The van der Waals surface area contributed by atoms with Crippen molar-refractivity contribution in [1.82, 2.24) is 0 Å². The van der Waals surface area contributed by atoms with Crippen molar-refractivity contribution in [2.75, 3.05) is 0 Å². The maximum atomic E-state index is 13.1. The van der Waals surface area contributed by atoms with Crippen LogP contribution in [-0.2, 0) is 10.2 Å². The van der Waals surface area contributed by atoms with Crippen LogP contribution in [0.5, 0.6) is 5.75 Å². The Balaban J connectivity index is 0.00000117. The predicted molar refractivity (Wildman–Crippen MR) is 92.3 cm³/mol. The fraction of sp³-hybridized carbons (Fsp3) is 0.421. The highest BCUT2D eigenvalue weighted by Gasteiger charge is 2.48. The molecule has 1 atom stereocenters. The number of halogens is 3. The molecule has 1 N–H and O–H groups in total. The van der Waals surface area contributed by atoms with E-state index >= 15 is 0 Å². The first-order valence-electron chi connectivity index (χ1n) is 8.23. The average molecular weight is 370 g/mol. The molecule has 142 valence electrons. The van der Waals surface area contributed by atoms with E-state index in [4.69, 9.17) is 9.15 Å². The minimum Gasteiger partial charge on any atom is -0.478 e. The van der Waals surface area contributed by atoms with Crippen molar-refractivity contribution in [2.24, 2.45) is 0 Å². The van der Waals surface area contributed by atoms with E-state index in [1.54, 1.807) is 0 Å². The minimum absolute atomic E-state index is 0.0123. The molecule has 1 aliphatic rings. The van der Waals surface area contributed by atoms with Crippen molar-refractivity contribution < 1.29 is 32.2 Å². The third kappa shape index (κ3) is 3.43. The molecule has 1 aromatic carbocycles. The van der Waals surface area contributed by atoms with Crippen LogP contribution in [-0.4, -0.2) is 23.4 Å². The summed E-state index contributed by atoms with van der Waals surface area (Å²) in [4.78, 5) is 11.3. The number of benzene rings is 1. The van der Waals surface area contributed by atoms with Crippen LogP contribution in [0.15, 0.2) is 28.4 Å². The summed E-state index contributed by atoms with van der Waals surface area (Å²) in [6, 6.07) is 2.89. The smallest absolute Gasteiger partial charge is 0.430 e. The van der Waals surface area contributed by atoms with E-state index in [9.17, 15) is 23.1 Å². The van der Waals surface area contributed by atoms with Crippen LogP contribution in [0.1, 0.15) is 45.7 Å². The zero-order valence-corrected chi connectivity index (χ0v) is 15.2. The standard InChI is InChI=1S/C17H15F3O4.C2H6/c1-16(2,3)10-7-23-12-5-4-11-8(13(10)12)6-9(15(21)22)14(24-11)17(18,19)20;1-2/h4-7,14H,1-3H3,(H,21,22);1-2H3. The maximum absolute atomic E-state index is 13.1. The van der Waals surface area contributed by atoms with Crippen LogP contribution in [0.2, 0.25) is 0 Å². The van der Waals surface area contributed by atoms with E-state index in [2.05, 4.69) is 0 Å². The minimum atomic E-state index is -4.82. The van der Waals surface area contributed by atoms with Gasteiger partial charge < -0.3 is 14.3 Å². The molecule has 0 saturated heterocycles. The van der Waals surface area contributed by atoms with Gasteiger partial charge in [-0.15, -0.1) is 0 Å². The molecule has 0 spiro atoms. The van der Waals surface area contributed by atoms with Gasteiger partial charge >= 0.3 is 12.1 Å². The molecule has 26 heavy (non-hydrogen) atoms. The lowest BCUT2D eigenvalue weighted by Crippen LogP contribution is -2.40. The van der Waals surface area contributed by atoms with Gasteiger partial charge in [0.25, 0.3) is 0 Å². The number of hydrogen-bond acceptors (Lipinski definition) is 3. The summed E-state index contributed by atoms with van der Waals surface area (Å²) >= 11 is 0. The van der Waals surface area contributed by atoms with Gasteiger partial charge in [0.15, 0.2) is 0 Å². The summed E-state index contributed by atoms with van der Waals surface area (Å²) in [7, 11) is 0. The zero-order chi connectivity index (χ0) is 19.9. The largest absolute Gasteiger partial charge is 0.478 e. The van der Waals surface area contributed by atoms with E-state index in [1.807, 2.05) is 34.6 Å². The van der Waals surface area contributed by atoms with Gasteiger partial charge in [0.1, 0.15) is 11.3 Å². The van der Waals surface area contributed by atoms with Gasteiger partial charge in [-0.2, -0.15) is 13.2 Å². The first-order chi connectivity index (χ1) is 12.0. The third-order valence-corrected chi connectivity index (χ3v) is 3.92. The third-order valence-electron chi connectivity index (χ3n) is 3.92. The Bertz CT molecular complexity index is 854. The normalized spacial score (nSPS) is 16.9. The number of fused-ring (bicyclic) bond motifs is 3. The number of carboxylic acid groups (broad SMARTS) is 1. The lowest BCUT2D eigenvalue weighted by atomic mass is 9.84. The zero-order valence-electron chi connectivity index (χ0n) is 15.2. The molecule has 2 heterocycles. The number of rotatable bonds is 1. The van der Waals surface area contributed by atoms with Crippen molar-refractivity contribution in [3.63, 3.8) is 0 Å². The molecule has 2 aromatic rings. The van der Waals surface area contributed by atoms with E-state index in [-0.39, 0.29) is 11.2 Å². The van der Waals surface area contributed by atoms with Gasteiger partial charge in [0.2, 0.25) is 6.10 Å². The number of carboxylic acids is 1. The molecular weight excluding hydrogens is 349 g/mol. The van der Waals surface area contributed by atoms with Gasteiger partial charge in [-0.1, -0.05) is 34.6 Å². The summed E-state index contributed by atoms with van der Waals surface area (Å²) in [6.07, 6.45) is -4.74. The average Bonchev–Trinajstić information content (AvgIpc) is 2.99. The number of ether oxygens (including phenoxy) is 1. The Morgan fingerprint density at radius 3 is 2.27 bits per heavy atom. The number of furan rings is 1. The lowest BCUT2D eigenvalue weighted by molar-refractivity contribution is -0.187. The van der Waals surface area contributed by atoms with Gasteiger partial charge in [-0.3, -0.25) is 0 Å². The number of hydrogen-bond donors (Lipinski definition) is 1. The summed E-state index contributed by atoms with van der Waals surface area (Å²) in [5.74, 6) is -1.68.